The molecule has 2 atom stereocenters. The van der Waals surface area contributed by atoms with E-state index in [-0.39, 0.29) is 23.8 Å². The van der Waals surface area contributed by atoms with Crippen molar-refractivity contribution < 1.29 is 18.0 Å². The molecule has 2 aliphatic heterocycles. The van der Waals surface area contributed by atoms with Crippen LogP contribution in [0.1, 0.15) is 54.3 Å². The second-order valence-electron chi connectivity index (χ2n) is 7.88. The molecule has 3 heterocycles. The number of carbonyl (C=O) groups excluding carboxylic acids is 1. The normalized spacial score (nSPS) is 22.9. The van der Waals surface area contributed by atoms with E-state index in [1.807, 2.05) is 0 Å². The summed E-state index contributed by atoms with van der Waals surface area (Å²) in [4.78, 5) is 14.5. The molecule has 1 saturated heterocycles. The first-order valence-electron chi connectivity index (χ1n) is 9.70. The number of aromatic nitrogens is 2. The second kappa shape index (κ2) is 7.66. The van der Waals surface area contributed by atoms with Gasteiger partial charge < -0.3 is 10.2 Å². The zero-order chi connectivity index (χ0) is 20.8. The minimum atomic E-state index is -4.46. The third kappa shape index (κ3) is 4.15. The number of benzene rings is 1. The fourth-order valence-corrected chi connectivity index (χ4v) is 4.23. The molecule has 156 valence electrons. The van der Waals surface area contributed by atoms with Crippen LogP contribution in [0, 0.1) is 5.92 Å². The predicted octanol–water partition coefficient (Wildman–Crippen LogP) is 5.18. The highest BCUT2D eigenvalue weighted by atomic mass is 79.9. The minimum Gasteiger partial charge on any atom is -0.363 e. The lowest BCUT2D eigenvalue weighted by molar-refractivity contribution is -0.173. The van der Waals surface area contributed by atoms with Crippen LogP contribution in [0.2, 0.25) is 0 Å². The van der Waals surface area contributed by atoms with Crippen LogP contribution in [0.3, 0.4) is 0 Å². The van der Waals surface area contributed by atoms with Crippen LogP contribution in [-0.2, 0) is 0 Å². The highest BCUT2D eigenvalue weighted by Crippen LogP contribution is 2.43. The molecule has 1 amide bonds. The molecule has 9 heteroatoms. The fourth-order valence-electron chi connectivity index (χ4n) is 3.97. The minimum absolute atomic E-state index is 0.0627. The van der Waals surface area contributed by atoms with Crippen molar-refractivity contribution >= 4 is 27.7 Å². The number of nitrogens with zero attached hydrogens (tertiary/aromatic N) is 3. The Hall–Kier alpha value is -2.03. The Morgan fingerprint density at radius 3 is 2.48 bits per heavy atom. The topological polar surface area (TPSA) is 50.2 Å². The summed E-state index contributed by atoms with van der Waals surface area (Å²) < 4.78 is 43.2. The van der Waals surface area contributed by atoms with Gasteiger partial charge in [-0.25, -0.2) is 4.68 Å². The third-order valence-corrected chi connectivity index (χ3v) is 6.28. The van der Waals surface area contributed by atoms with Gasteiger partial charge in [-0.2, -0.15) is 18.3 Å². The number of fused-ring (bicyclic) bond motifs is 1. The summed E-state index contributed by atoms with van der Waals surface area (Å²) in [5, 5.41) is 7.20. The van der Waals surface area contributed by atoms with Gasteiger partial charge in [0.1, 0.15) is 5.82 Å². The summed E-state index contributed by atoms with van der Waals surface area (Å²) in [7, 11) is 0. The van der Waals surface area contributed by atoms with Gasteiger partial charge in [0.25, 0.3) is 5.91 Å². The number of carbonyl (C=O) groups is 1. The summed E-state index contributed by atoms with van der Waals surface area (Å²) in [5.74, 6) is 0.471. The molecule has 5 nitrogen and oxygen atoms in total. The van der Waals surface area contributed by atoms with Crippen LogP contribution in [-0.4, -0.2) is 39.9 Å². The molecule has 2 aliphatic rings. The van der Waals surface area contributed by atoms with E-state index in [1.54, 1.807) is 29.2 Å². The van der Waals surface area contributed by atoms with Crippen LogP contribution >= 0.6 is 15.9 Å². The largest absolute Gasteiger partial charge is 0.410 e. The van der Waals surface area contributed by atoms with Gasteiger partial charge in [-0.1, -0.05) is 35.0 Å². The summed E-state index contributed by atoms with van der Waals surface area (Å²) in [6, 6.07) is 6.34. The highest BCUT2D eigenvalue weighted by molar-refractivity contribution is 9.10. The fraction of sp³-hybridized carbons (Fsp3) is 0.500. The molecule has 0 spiro atoms. The van der Waals surface area contributed by atoms with Crippen molar-refractivity contribution in [1.29, 1.82) is 0 Å². The van der Waals surface area contributed by atoms with Crippen LogP contribution in [0.5, 0.6) is 0 Å². The van der Waals surface area contributed by atoms with E-state index in [0.29, 0.717) is 19.0 Å². The second-order valence-corrected chi connectivity index (χ2v) is 8.79. The molecule has 1 fully saturated rings. The first-order chi connectivity index (χ1) is 13.7. The van der Waals surface area contributed by atoms with Gasteiger partial charge in [0, 0.05) is 30.0 Å². The number of piperidine rings is 1. The van der Waals surface area contributed by atoms with Gasteiger partial charge in [0.2, 0.25) is 0 Å². The van der Waals surface area contributed by atoms with Crippen molar-refractivity contribution in [2.45, 2.75) is 44.4 Å². The smallest absolute Gasteiger partial charge is 0.363 e. The van der Waals surface area contributed by atoms with Gasteiger partial charge in [0.05, 0.1) is 6.04 Å². The predicted molar refractivity (Wildman–Crippen MR) is 107 cm³/mol. The number of amides is 1. The average Bonchev–Trinajstić information content (AvgIpc) is 3.11. The van der Waals surface area contributed by atoms with Gasteiger partial charge >= 0.3 is 6.18 Å². The van der Waals surface area contributed by atoms with Crippen molar-refractivity contribution in [3.63, 3.8) is 0 Å². The van der Waals surface area contributed by atoms with E-state index in [4.69, 9.17) is 0 Å². The maximum Gasteiger partial charge on any atom is 0.410 e. The molecular weight excluding hydrogens is 449 g/mol. The van der Waals surface area contributed by atoms with Crippen LogP contribution < -0.4 is 5.32 Å². The monoisotopic (exact) mass is 470 g/mol. The Morgan fingerprint density at radius 2 is 1.86 bits per heavy atom. The standard InChI is InChI=1S/C20H22BrF3N4O/c1-12-6-8-27(9-7-12)19(29)16-11-18-25-15(13-2-4-14(21)5-3-13)10-17(20(22,23)24)28(18)26-16/h2-5,11-12,15,17,25H,6-10H2,1H3/t15-,17-/m1/s1. The van der Waals surface area contributed by atoms with Crippen molar-refractivity contribution in [2.75, 3.05) is 18.4 Å². The van der Waals surface area contributed by atoms with Gasteiger partial charge in [-0.05, 0) is 36.5 Å². The Balaban J connectivity index is 1.63. The van der Waals surface area contributed by atoms with Crippen molar-refractivity contribution in [2.24, 2.45) is 5.92 Å². The maximum atomic E-state index is 13.8. The van der Waals surface area contributed by atoms with E-state index in [2.05, 4.69) is 33.3 Å². The van der Waals surface area contributed by atoms with E-state index in [0.717, 1.165) is 27.6 Å². The molecule has 0 radical (unpaired) electrons. The summed E-state index contributed by atoms with van der Waals surface area (Å²) in [6.45, 7) is 3.36. The number of halogens is 4. The van der Waals surface area contributed by atoms with Gasteiger partial charge in [-0.3, -0.25) is 4.79 Å². The number of nitrogens with one attached hydrogen (secondary N) is 1. The number of anilines is 1. The van der Waals surface area contributed by atoms with Crippen LogP contribution in [0.15, 0.2) is 34.8 Å². The molecule has 29 heavy (non-hydrogen) atoms. The van der Waals surface area contributed by atoms with Crippen molar-refractivity contribution in [3.05, 3.63) is 46.1 Å². The molecule has 1 aromatic carbocycles. The highest BCUT2D eigenvalue weighted by Gasteiger charge is 2.47. The van der Waals surface area contributed by atoms with E-state index in [9.17, 15) is 18.0 Å². The average molecular weight is 471 g/mol. The zero-order valence-corrected chi connectivity index (χ0v) is 17.5. The van der Waals surface area contributed by atoms with Crippen molar-refractivity contribution in [1.82, 2.24) is 14.7 Å². The first kappa shape index (κ1) is 20.3. The molecule has 0 saturated carbocycles. The number of likely N-dealkylation sites (tertiary alicyclic amines) is 1. The lowest BCUT2D eigenvalue weighted by Gasteiger charge is -2.33. The molecule has 4 rings (SSSR count). The lowest BCUT2D eigenvalue weighted by Crippen LogP contribution is -2.38. The van der Waals surface area contributed by atoms with Crippen LogP contribution in [0.4, 0.5) is 19.0 Å². The number of hydrogen-bond donors (Lipinski definition) is 1. The SMILES string of the molecule is CC1CCN(C(=O)c2cc3n(n2)[C@@H](C(F)(F)F)C[C@H](c2ccc(Br)cc2)N3)CC1. The first-order valence-corrected chi connectivity index (χ1v) is 10.5. The Labute approximate surface area is 175 Å². The summed E-state index contributed by atoms with van der Waals surface area (Å²) >= 11 is 3.34. The Kier molecular flexibility index (Phi) is 5.35. The van der Waals surface area contributed by atoms with Gasteiger partial charge in [0.15, 0.2) is 11.7 Å². The molecule has 0 bridgehead atoms. The Morgan fingerprint density at radius 1 is 1.21 bits per heavy atom. The van der Waals surface area contributed by atoms with E-state index in [1.165, 1.54) is 6.07 Å². The third-order valence-electron chi connectivity index (χ3n) is 5.75. The number of rotatable bonds is 2. The molecular formula is C20H22BrF3N4O. The van der Waals surface area contributed by atoms with Crippen molar-refractivity contribution in [3.8, 4) is 0 Å². The summed E-state index contributed by atoms with van der Waals surface area (Å²) in [6.07, 6.45) is -2.85. The lowest BCUT2D eigenvalue weighted by atomic mass is 9.97. The van der Waals surface area contributed by atoms with E-state index < -0.39 is 18.3 Å². The number of alkyl halides is 3. The molecule has 2 aromatic rings. The molecule has 1 N–H and O–H groups in total. The zero-order valence-electron chi connectivity index (χ0n) is 15.9. The van der Waals surface area contributed by atoms with E-state index >= 15 is 0 Å². The molecule has 0 aliphatic carbocycles. The number of hydrogen-bond acceptors (Lipinski definition) is 3. The quantitative estimate of drug-likeness (QED) is 0.657. The molecule has 1 aromatic heterocycles. The van der Waals surface area contributed by atoms with Gasteiger partial charge in [-0.15, -0.1) is 0 Å². The molecule has 0 unspecified atom stereocenters. The maximum absolute atomic E-state index is 13.8. The van der Waals surface area contributed by atoms with Crippen LogP contribution in [0.25, 0.3) is 0 Å². The Bertz CT molecular complexity index is 888. The summed E-state index contributed by atoms with van der Waals surface area (Å²) in [5.41, 5.74) is 0.820.